The van der Waals surface area contributed by atoms with Crippen molar-refractivity contribution >= 4 is 22.9 Å². The van der Waals surface area contributed by atoms with Crippen molar-refractivity contribution in [3.63, 3.8) is 0 Å². The molecule has 0 spiro atoms. The molecule has 0 saturated carbocycles. The van der Waals surface area contributed by atoms with Crippen LogP contribution in [0.25, 0.3) is 10.7 Å². The molecule has 13 heavy (non-hydrogen) atoms. The van der Waals surface area contributed by atoms with Crippen molar-refractivity contribution in [2.24, 2.45) is 7.05 Å². The molecule has 2 aromatic heterocycles. The summed E-state index contributed by atoms with van der Waals surface area (Å²) < 4.78 is 1.90. The summed E-state index contributed by atoms with van der Waals surface area (Å²) in [5.41, 5.74) is 1.82. The van der Waals surface area contributed by atoms with Crippen molar-refractivity contribution in [2.45, 2.75) is 5.88 Å². The number of aromatic nitrogens is 3. The van der Waals surface area contributed by atoms with Crippen LogP contribution in [0.4, 0.5) is 0 Å². The van der Waals surface area contributed by atoms with Crippen LogP contribution in [0.1, 0.15) is 5.69 Å². The Morgan fingerprint density at radius 3 is 3.00 bits per heavy atom. The molecule has 0 aliphatic rings. The van der Waals surface area contributed by atoms with Gasteiger partial charge in [-0.1, -0.05) is 0 Å². The van der Waals surface area contributed by atoms with Gasteiger partial charge in [0, 0.05) is 18.6 Å². The predicted octanol–water partition coefficient (Wildman–Crippen LogP) is 2.28. The zero-order valence-electron chi connectivity index (χ0n) is 7.07. The quantitative estimate of drug-likeness (QED) is 0.717. The fourth-order valence-corrected chi connectivity index (χ4v) is 2.02. The fraction of sp³-hybridized carbons (Fsp3) is 0.250. The lowest BCUT2D eigenvalue weighted by Gasteiger charge is -1.86. The molecule has 0 amide bonds. The lowest BCUT2D eigenvalue weighted by Crippen LogP contribution is -1.79. The van der Waals surface area contributed by atoms with Gasteiger partial charge in [-0.05, 0) is 0 Å². The highest BCUT2D eigenvalue weighted by molar-refractivity contribution is 7.13. The first-order chi connectivity index (χ1) is 6.29. The molecule has 0 bridgehead atoms. The normalized spacial score (nSPS) is 10.6. The van der Waals surface area contributed by atoms with E-state index in [1.165, 1.54) is 0 Å². The molecule has 0 aliphatic carbocycles. The molecule has 2 rings (SSSR count). The number of hydrogen-bond donors (Lipinski definition) is 0. The Kier molecular flexibility index (Phi) is 2.33. The van der Waals surface area contributed by atoms with E-state index in [9.17, 15) is 0 Å². The van der Waals surface area contributed by atoms with Crippen LogP contribution in [0.5, 0.6) is 0 Å². The van der Waals surface area contributed by atoms with E-state index in [0.29, 0.717) is 5.88 Å². The number of nitrogens with zero attached hydrogens (tertiary/aromatic N) is 3. The Bertz CT molecular complexity index is 407. The molecule has 0 saturated heterocycles. The average Bonchev–Trinajstić information content (AvgIpc) is 2.71. The van der Waals surface area contributed by atoms with Crippen LogP contribution in [0, 0.1) is 0 Å². The fourth-order valence-electron chi connectivity index (χ4n) is 1.01. The summed E-state index contributed by atoms with van der Waals surface area (Å²) in [5, 5.41) is 2.88. The minimum atomic E-state index is 0.462. The standard InChI is InChI=1S/C8H8ClN3S/c1-12-3-7(10-5-12)8-11-6(2-9)4-13-8/h3-5H,2H2,1H3. The van der Waals surface area contributed by atoms with Gasteiger partial charge in [-0.3, -0.25) is 0 Å². The van der Waals surface area contributed by atoms with Gasteiger partial charge >= 0.3 is 0 Å². The lowest BCUT2D eigenvalue weighted by atomic mass is 10.5. The van der Waals surface area contributed by atoms with E-state index in [1.54, 1.807) is 17.7 Å². The van der Waals surface area contributed by atoms with Crippen molar-refractivity contribution in [2.75, 3.05) is 0 Å². The number of rotatable bonds is 2. The zero-order valence-corrected chi connectivity index (χ0v) is 8.64. The Labute approximate surface area is 85.0 Å². The average molecular weight is 214 g/mol. The molecule has 0 radical (unpaired) electrons. The van der Waals surface area contributed by atoms with Gasteiger partial charge in [0.1, 0.15) is 10.7 Å². The van der Waals surface area contributed by atoms with Crippen LogP contribution in [0.15, 0.2) is 17.9 Å². The van der Waals surface area contributed by atoms with Gasteiger partial charge in [0.2, 0.25) is 0 Å². The van der Waals surface area contributed by atoms with Crippen molar-refractivity contribution < 1.29 is 0 Å². The summed E-state index contributed by atoms with van der Waals surface area (Å²) in [4.78, 5) is 8.52. The highest BCUT2D eigenvalue weighted by atomic mass is 35.5. The first kappa shape index (κ1) is 8.72. The van der Waals surface area contributed by atoms with E-state index in [1.807, 2.05) is 23.2 Å². The van der Waals surface area contributed by atoms with Crippen LogP contribution in [0.2, 0.25) is 0 Å². The van der Waals surface area contributed by atoms with Gasteiger partial charge in [-0.2, -0.15) is 0 Å². The van der Waals surface area contributed by atoms with Gasteiger partial charge in [-0.25, -0.2) is 9.97 Å². The monoisotopic (exact) mass is 213 g/mol. The second-order valence-corrected chi connectivity index (χ2v) is 3.83. The molecule has 0 unspecified atom stereocenters. The van der Waals surface area contributed by atoms with E-state index >= 15 is 0 Å². The molecule has 0 aromatic carbocycles. The molecule has 2 aromatic rings. The summed E-state index contributed by atoms with van der Waals surface area (Å²) in [6, 6.07) is 0. The maximum Gasteiger partial charge on any atom is 0.143 e. The highest BCUT2D eigenvalue weighted by Gasteiger charge is 2.05. The number of imidazole rings is 1. The third kappa shape index (κ3) is 1.73. The molecule has 5 heteroatoms. The van der Waals surface area contributed by atoms with Crippen LogP contribution in [0.3, 0.4) is 0 Å². The van der Waals surface area contributed by atoms with E-state index in [0.717, 1.165) is 16.4 Å². The minimum absolute atomic E-state index is 0.462. The molecule has 0 aliphatic heterocycles. The second kappa shape index (κ2) is 3.47. The first-order valence-corrected chi connectivity index (χ1v) is 5.19. The van der Waals surface area contributed by atoms with Crippen LogP contribution >= 0.6 is 22.9 Å². The van der Waals surface area contributed by atoms with Gasteiger partial charge in [-0.15, -0.1) is 22.9 Å². The van der Waals surface area contributed by atoms with Gasteiger partial charge in [0.25, 0.3) is 0 Å². The van der Waals surface area contributed by atoms with E-state index in [4.69, 9.17) is 11.6 Å². The first-order valence-electron chi connectivity index (χ1n) is 3.78. The minimum Gasteiger partial charge on any atom is -0.340 e. The van der Waals surface area contributed by atoms with Crippen molar-refractivity contribution in [1.29, 1.82) is 0 Å². The highest BCUT2D eigenvalue weighted by Crippen LogP contribution is 2.22. The third-order valence-electron chi connectivity index (χ3n) is 1.61. The molecule has 3 nitrogen and oxygen atoms in total. The van der Waals surface area contributed by atoms with E-state index in [2.05, 4.69) is 9.97 Å². The Morgan fingerprint density at radius 1 is 1.62 bits per heavy atom. The maximum absolute atomic E-state index is 5.65. The van der Waals surface area contributed by atoms with E-state index in [-0.39, 0.29) is 0 Å². The van der Waals surface area contributed by atoms with Gasteiger partial charge in [0.15, 0.2) is 0 Å². The summed E-state index contributed by atoms with van der Waals surface area (Å²) in [5.74, 6) is 0.462. The van der Waals surface area contributed by atoms with Crippen LogP contribution in [-0.4, -0.2) is 14.5 Å². The summed E-state index contributed by atoms with van der Waals surface area (Å²) >= 11 is 7.22. The molecule has 0 fully saturated rings. The van der Waals surface area contributed by atoms with Crippen LogP contribution < -0.4 is 0 Å². The lowest BCUT2D eigenvalue weighted by molar-refractivity contribution is 0.913. The van der Waals surface area contributed by atoms with Crippen molar-refractivity contribution in [3.8, 4) is 10.7 Å². The maximum atomic E-state index is 5.65. The third-order valence-corrected chi connectivity index (χ3v) is 2.80. The topological polar surface area (TPSA) is 30.7 Å². The smallest absolute Gasteiger partial charge is 0.143 e. The number of halogens is 1. The number of hydrogen-bond acceptors (Lipinski definition) is 3. The Hall–Kier alpha value is -0.870. The summed E-state index contributed by atoms with van der Waals surface area (Å²) in [6.07, 6.45) is 3.70. The molecule has 2 heterocycles. The summed E-state index contributed by atoms with van der Waals surface area (Å²) in [6.45, 7) is 0. The number of aryl methyl sites for hydroxylation is 1. The molecule has 68 valence electrons. The molecular formula is C8H8ClN3S. The second-order valence-electron chi connectivity index (χ2n) is 2.70. The van der Waals surface area contributed by atoms with Gasteiger partial charge in [0.05, 0.1) is 17.9 Å². The molecule has 0 N–H and O–H groups in total. The number of thiazole rings is 1. The van der Waals surface area contributed by atoms with Gasteiger partial charge < -0.3 is 4.57 Å². The van der Waals surface area contributed by atoms with Crippen molar-refractivity contribution in [1.82, 2.24) is 14.5 Å². The van der Waals surface area contributed by atoms with Crippen molar-refractivity contribution in [3.05, 3.63) is 23.6 Å². The molecular weight excluding hydrogens is 206 g/mol. The number of alkyl halides is 1. The Balaban J connectivity index is 2.35. The Morgan fingerprint density at radius 2 is 2.46 bits per heavy atom. The summed E-state index contributed by atoms with van der Waals surface area (Å²) in [7, 11) is 1.94. The predicted molar refractivity (Wildman–Crippen MR) is 53.9 cm³/mol. The van der Waals surface area contributed by atoms with Crippen LogP contribution in [-0.2, 0) is 12.9 Å². The molecule has 0 atom stereocenters. The largest absolute Gasteiger partial charge is 0.340 e. The SMILES string of the molecule is Cn1cnc(-c2nc(CCl)cs2)c1. The van der Waals surface area contributed by atoms with E-state index < -0.39 is 0 Å². The zero-order chi connectivity index (χ0) is 9.26.